The number of carboxylic acid groups (broad SMARTS) is 1. The molecule has 0 aliphatic rings. The fourth-order valence-corrected chi connectivity index (χ4v) is 1.41. The van der Waals surface area contributed by atoms with E-state index in [4.69, 9.17) is 14.2 Å². The van der Waals surface area contributed by atoms with Gasteiger partial charge in [0, 0.05) is 13.7 Å². The molecule has 0 aromatic heterocycles. The summed E-state index contributed by atoms with van der Waals surface area (Å²) in [6.45, 7) is 6.84. The van der Waals surface area contributed by atoms with E-state index in [-0.39, 0.29) is 0 Å². The van der Waals surface area contributed by atoms with Crippen molar-refractivity contribution in [1.29, 1.82) is 0 Å². The van der Waals surface area contributed by atoms with Crippen LogP contribution in [0.4, 0.5) is 0 Å². The van der Waals surface area contributed by atoms with Gasteiger partial charge < -0.3 is 24.6 Å². The molecule has 0 aromatic carbocycles. The summed E-state index contributed by atoms with van der Waals surface area (Å²) in [6.07, 6.45) is 1.33. The van der Waals surface area contributed by atoms with E-state index in [0.29, 0.717) is 46.0 Å². The zero-order valence-electron chi connectivity index (χ0n) is 12.2. The second kappa shape index (κ2) is 11.2. The van der Waals surface area contributed by atoms with Crippen molar-refractivity contribution in [3.63, 3.8) is 0 Å². The Bertz CT molecular complexity index is 237. The van der Waals surface area contributed by atoms with Crippen LogP contribution < -0.4 is 5.32 Å². The van der Waals surface area contributed by atoms with Crippen LogP contribution in [0.3, 0.4) is 0 Å². The van der Waals surface area contributed by atoms with Crippen LogP contribution in [-0.4, -0.2) is 63.3 Å². The summed E-state index contributed by atoms with van der Waals surface area (Å²) in [5.74, 6) is -0.846. The van der Waals surface area contributed by atoms with Gasteiger partial charge in [-0.05, 0) is 26.3 Å². The number of hydrogen-bond acceptors (Lipinski definition) is 5. The first-order chi connectivity index (χ1) is 9.06. The monoisotopic (exact) mass is 277 g/mol. The van der Waals surface area contributed by atoms with Crippen LogP contribution in [0, 0.1) is 0 Å². The SMILES string of the molecule is CCCNC(C)(CCOCCOCCOC)C(=O)O. The molecule has 6 heteroatoms. The summed E-state index contributed by atoms with van der Waals surface area (Å²) in [7, 11) is 1.62. The molecule has 0 heterocycles. The maximum absolute atomic E-state index is 11.2. The van der Waals surface area contributed by atoms with Gasteiger partial charge in [-0.2, -0.15) is 0 Å². The Morgan fingerprint density at radius 1 is 1.16 bits per heavy atom. The topological polar surface area (TPSA) is 77.0 Å². The van der Waals surface area contributed by atoms with Crippen molar-refractivity contribution >= 4 is 5.97 Å². The van der Waals surface area contributed by atoms with Gasteiger partial charge in [0.2, 0.25) is 0 Å². The summed E-state index contributed by atoms with van der Waals surface area (Å²) in [6, 6.07) is 0. The Morgan fingerprint density at radius 3 is 2.26 bits per heavy atom. The van der Waals surface area contributed by atoms with E-state index >= 15 is 0 Å². The maximum atomic E-state index is 11.2. The fraction of sp³-hybridized carbons (Fsp3) is 0.923. The molecular weight excluding hydrogens is 250 g/mol. The first kappa shape index (κ1) is 18.3. The van der Waals surface area contributed by atoms with Gasteiger partial charge >= 0.3 is 5.97 Å². The molecule has 1 atom stereocenters. The van der Waals surface area contributed by atoms with Crippen molar-refractivity contribution in [2.24, 2.45) is 0 Å². The maximum Gasteiger partial charge on any atom is 0.323 e. The van der Waals surface area contributed by atoms with Gasteiger partial charge in [0.25, 0.3) is 0 Å². The number of ether oxygens (including phenoxy) is 3. The normalized spacial score (nSPS) is 14.3. The lowest BCUT2D eigenvalue weighted by molar-refractivity contribution is -0.145. The van der Waals surface area contributed by atoms with Crippen LogP contribution in [0.2, 0.25) is 0 Å². The standard InChI is InChI=1S/C13H27NO5/c1-4-6-14-13(2,12(15)16)5-7-18-10-11-19-9-8-17-3/h14H,4-11H2,1-3H3,(H,15,16). The van der Waals surface area contributed by atoms with E-state index in [1.807, 2.05) is 6.92 Å². The lowest BCUT2D eigenvalue weighted by Crippen LogP contribution is -2.50. The fourth-order valence-electron chi connectivity index (χ4n) is 1.41. The molecule has 0 saturated carbocycles. The third kappa shape index (κ3) is 8.93. The van der Waals surface area contributed by atoms with Crippen LogP contribution in [0.15, 0.2) is 0 Å². The minimum Gasteiger partial charge on any atom is -0.480 e. The van der Waals surface area contributed by atoms with E-state index in [9.17, 15) is 9.90 Å². The van der Waals surface area contributed by atoms with E-state index in [2.05, 4.69) is 5.32 Å². The molecule has 0 fully saturated rings. The summed E-state index contributed by atoms with van der Waals surface area (Å²) < 4.78 is 15.4. The summed E-state index contributed by atoms with van der Waals surface area (Å²) in [5, 5.41) is 12.2. The zero-order valence-corrected chi connectivity index (χ0v) is 12.2. The number of methoxy groups -OCH3 is 1. The van der Waals surface area contributed by atoms with E-state index in [1.54, 1.807) is 14.0 Å². The smallest absolute Gasteiger partial charge is 0.323 e. The van der Waals surface area contributed by atoms with Crippen LogP contribution in [0.1, 0.15) is 26.7 Å². The molecule has 0 saturated heterocycles. The first-order valence-electron chi connectivity index (χ1n) is 6.69. The lowest BCUT2D eigenvalue weighted by Gasteiger charge is -2.26. The van der Waals surface area contributed by atoms with E-state index in [0.717, 1.165) is 6.42 Å². The lowest BCUT2D eigenvalue weighted by atomic mass is 9.98. The van der Waals surface area contributed by atoms with Crippen LogP contribution >= 0.6 is 0 Å². The first-order valence-corrected chi connectivity index (χ1v) is 6.69. The Hall–Kier alpha value is -0.690. The molecule has 0 amide bonds. The largest absolute Gasteiger partial charge is 0.480 e. The van der Waals surface area contributed by atoms with E-state index in [1.165, 1.54) is 0 Å². The molecule has 6 nitrogen and oxygen atoms in total. The van der Waals surface area contributed by atoms with Crippen molar-refractivity contribution < 1.29 is 24.1 Å². The average Bonchev–Trinajstić information content (AvgIpc) is 2.39. The number of hydrogen-bond donors (Lipinski definition) is 2. The zero-order chi connectivity index (χ0) is 14.6. The van der Waals surface area contributed by atoms with Crippen LogP contribution in [0.25, 0.3) is 0 Å². The average molecular weight is 277 g/mol. The molecule has 1 unspecified atom stereocenters. The quantitative estimate of drug-likeness (QED) is 0.487. The van der Waals surface area contributed by atoms with Crippen LogP contribution in [-0.2, 0) is 19.0 Å². The number of carbonyl (C=O) groups is 1. The van der Waals surface area contributed by atoms with Crippen LogP contribution in [0.5, 0.6) is 0 Å². The Morgan fingerprint density at radius 2 is 1.74 bits per heavy atom. The summed E-state index contributed by atoms with van der Waals surface area (Å²) in [5.41, 5.74) is -0.924. The molecule has 0 radical (unpaired) electrons. The summed E-state index contributed by atoms with van der Waals surface area (Å²) in [4.78, 5) is 11.2. The highest BCUT2D eigenvalue weighted by molar-refractivity contribution is 5.78. The molecule has 114 valence electrons. The highest BCUT2D eigenvalue weighted by Gasteiger charge is 2.31. The van der Waals surface area contributed by atoms with Crippen molar-refractivity contribution in [2.75, 3.05) is 46.7 Å². The second-order valence-corrected chi connectivity index (χ2v) is 4.53. The molecule has 0 aliphatic carbocycles. The molecule has 0 aliphatic heterocycles. The minimum absolute atomic E-state index is 0.396. The summed E-state index contributed by atoms with van der Waals surface area (Å²) >= 11 is 0. The van der Waals surface area contributed by atoms with Gasteiger partial charge in [0.05, 0.1) is 26.4 Å². The number of aliphatic carboxylic acids is 1. The van der Waals surface area contributed by atoms with Gasteiger partial charge in [-0.15, -0.1) is 0 Å². The Balaban J connectivity index is 3.67. The van der Waals surface area contributed by atoms with Crippen molar-refractivity contribution in [3.05, 3.63) is 0 Å². The predicted octanol–water partition coefficient (Wildman–Crippen LogP) is 0.899. The molecule has 0 rings (SSSR count). The van der Waals surface area contributed by atoms with E-state index < -0.39 is 11.5 Å². The third-order valence-electron chi connectivity index (χ3n) is 2.79. The van der Waals surface area contributed by atoms with Gasteiger partial charge in [0.15, 0.2) is 0 Å². The van der Waals surface area contributed by atoms with Crippen molar-refractivity contribution in [3.8, 4) is 0 Å². The predicted molar refractivity (Wildman–Crippen MR) is 72.5 cm³/mol. The third-order valence-corrected chi connectivity index (χ3v) is 2.79. The Labute approximate surface area is 115 Å². The number of rotatable bonds is 13. The Kier molecular flexibility index (Phi) is 10.8. The molecule has 2 N–H and O–H groups in total. The number of carboxylic acids is 1. The van der Waals surface area contributed by atoms with Gasteiger partial charge in [-0.3, -0.25) is 4.79 Å². The van der Waals surface area contributed by atoms with Crippen molar-refractivity contribution in [2.45, 2.75) is 32.2 Å². The van der Waals surface area contributed by atoms with Gasteiger partial charge in [-0.25, -0.2) is 0 Å². The molecular formula is C13H27NO5. The highest BCUT2D eigenvalue weighted by atomic mass is 16.5. The van der Waals surface area contributed by atoms with Crippen molar-refractivity contribution in [1.82, 2.24) is 5.32 Å². The molecule has 0 aromatic rings. The molecule has 19 heavy (non-hydrogen) atoms. The highest BCUT2D eigenvalue weighted by Crippen LogP contribution is 2.10. The second-order valence-electron chi connectivity index (χ2n) is 4.53. The van der Waals surface area contributed by atoms with Gasteiger partial charge in [-0.1, -0.05) is 6.92 Å². The van der Waals surface area contributed by atoms with Gasteiger partial charge in [0.1, 0.15) is 5.54 Å². The molecule has 0 bridgehead atoms. The number of nitrogens with one attached hydrogen (secondary N) is 1. The molecule has 0 spiro atoms. The minimum atomic E-state index is -0.924.